The van der Waals surface area contributed by atoms with Gasteiger partial charge in [0.05, 0.1) is 12.4 Å². The standard InChI is InChI=1S/C12H18FN6O11P3/c1-3-4-8(28-32(24,25)30-33(26,27)29-31(21,22)23)12(4,20)7(13)6(3)19-2-16-5-9(14)17-11(15)18-10(5)19/h2-4,6-8,20H,1H3,(H,24,25)(H,26,27)(H2,21,22,23)(H4,14,15,17,18)/t3-,4+,6+,7-,8?,12+/m0/s1. The Hall–Kier alpha value is -1.55. The van der Waals surface area contributed by atoms with Gasteiger partial charge in [0, 0.05) is 5.92 Å². The molecule has 2 aromatic rings. The molecule has 0 saturated heterocycles. The van der Waals surface area contributed by atoms with Crippen molar-refractivity contribution in [1.82, 2.24) is 19.5 Å². The number of hydrogen-bond acceptors (Lipinski definition) is 12. The van der Waals surface area contributed by atoms with E-state index in [1.54, 1.807) is 0 Å². The second-order valence-corrected chi connectivity index (χ2v) is 11.9. The zero-order chi connectivity index (χ0) is 24.7. The van der Waals surface area contributed by atoms with E-state index in [0.717, 1.165) is 0 Å². The maximum absolute atomic E-state index is 15.4. The number of imidazole rings is 1. The molecule has 2 saturated carbocycles. The van der Waals surface area contributed by atoms with Crippen molar-refractivity contribution in [3.05, 3.63) is 6.33 Å². The predicted molar refractivity (Wildman–Crippen MR) is 104 cm³/mol. The Morgan fingerprint density at radius 3 is 2.30 bits per heavy atom. The second-order valence-electron chi connectivity index (χ2n) is 7.57. The first-order chi connectivity index (χ1) is 15.0. The van der Waals surface area contributed by atoms with E-state index in [1.165, 1.54) is 17.8 Å². The summed E-state index contributed by atoms with van der Waals surface area (Å²) in [6.45, 7) is 1.50. The summed E-state index contributed by atoms with van der Waals surface area (Å²) >= 11 is 0. The molecule has 184 valence electrons. The van der Waals surface area contributed by atoms with Crippen LogP contribution in [0.4, 0.5) is 16.2 Å². The van der Waals surface area contributed by atoms with Crippen molar-refractivity contribution in [2.24, 2.45) is 11.8 Å². The van der Waals surface area contributed by atoms with E-state index in [1.807, 2.05) is 0 Å². The van der Waals surface area contributed by atoms with E-state index >= 15 is 4.39 Å². The first-order valence-corrected chi connectivity index (χ1v) is 13.4. The Balaban J connectivity index is 1.55. The third-order valence-corrected chi connectivity index (χ3v) is 9.32. The molecule has 17 nitrogen and oxygen atoms in total. The van der Waals surface area contributed by atoms with Crippen molar-refractivity contribution in [1.29, 1.82) is 0 Å². The minimum absolute atomic E-state index is 0.0493. The van der Waals surface area contributed by atoms with Crippen LogP contribution in [0.3, 0.4) is 0 Å². The molecular formula is C12H18FN6O11P3. The van der Waals surface area contributed by atoms with Gasteiger partial charge in [-0.15, -0.1) is 0 Å². The number of aliphatic hydroxyl groups is 1. The highest BCUT2D eigenvalue weighted by atomic mass is 31.3. The van der Waals surface area contributed by atoms with Crippen LogP contribution in [0.2, 0.25) is 0 Å². The van der Waals surface area contributed by atoms with E-state index in [0.29, 0.717) is 0 Å². The normalized spacial score (nSPS) is 35.2. The number of nitrogens with zero attached hydrogens (tertiary/aromatic N) is 4. The number of phosphoric acid groups is 3. The van der Waals surface area contributed by atoms with Crippen LogP contribution in [0.5, 0.6) is 0 Å². The van der Waals surface area contributed by atoms with Crippen molar-refractivity contribution >= 4 is 46.4 Å². The molecule has 0 radical (unpaired) electrons. The van der Waals surface area contributed by atoms with Crippen molar-refractivity contribution < 1.29 is 55.9 Å². The molecule has 0 bridgehead atoms. The van der Waals surface area contributed by atoms with Crippen LogP contribution in [0, 0.1) is 11.8 Å². The molecule has 2 aliphatic rings. The lowest BCUT2D eigenvalue weighted by Crippen LogP contribution is -2.35. The monoisotopic (exact) mass is 534 g/mol. The predicted octanol–water partition coefficient (Wildman–Crippen LogP) is -0.408. The highest BCUT2D eigenvalue weighted by Gasteiger charge is 2.80. The van der Waals surface area contributed by atoms with E-state index in [2.05, 4.69) is 28.1 Å². The van der Waals surface area contributed by atoms with Gasteiger partial charge in [0.1, 0.15) is 17.2 Å². The van der Waals surface area contributed by atoms with Crippen LogP contribution in [-0.4, -0.2) is 62.1 Å². The van der Waals surface area contributed by atoms with Gasteiger partial charge in [-0.05, 0) is 5.92 Å². The average molecular weight is 534 g/mol. The first kappa shape index (κ1) is 24.6. The van der Waals surface area contributed by atoms with Gasteiger partial charge in [-0.1, -0.05) is 6.92 Å². The fourth-order valence-corrected chi connectivity index (χ4v) is 7.59. The Kier molecular flexibility index (Phi) is 5.56. The third kappa shape index (κ3) is 4.22. The molecule has 3 unspecified atom stereocenters. The summed E-state index contributed by atoms with van der Waals surface area (Å²) in [6.07, 6.45) is -2.55. The van der Waals surface area contributed by atoms with Gasteiger partial charge >= 0.3 is 23.5 Å². The largest absolute Gasteiger partial charge is 0.490 e. The smallest absolute Gasteiger partial charge is 0.384 e. The molecule has 0 amide bonds. The number of nitrogens with two attached hydrogens (primary N) is 2. The van der Waals surface area contributed by atoms with E-state index in [-0.39, 0.29) is 22.9 Å². The van der Waals surface area contributed by atoms with Gasteiger partial charge in [-0.2, -0.15) is 18.6 Å². The quantitative estimate of drug-likeness (QED) is 0.222. The fraction of sp³-hybridized carbons (Fsp3) is 0.583. The van der Waals surface area contributed by atoms with Crippen LogP contribution >= 0.6 is 23.5 Å². The minimum Gasteiger partial charge on any atom is -0.384 e. The second kappa shape index (κ2) is 7.47. The number of alkyl halides is 1. The molecule has 0 aromatic carbocycles. The van der Waals surface area contributed by atoms with Crippen LogP contribution in [0.25, 0.3) is 11.2 Å². The number of nitrogen functional groups attached to an aromatic ring is 2. The molecule has 2 aliphatic carbocycles. The Labute approximate surface area is 183 Å². The molecule has 0 aliphatic heterocycles. The Morgan fingerprint density at radius 1 is 1.12 bits per heavy atom. The van der Waals surface area contributed by atoms with Gasteiger partial charge in [-0.25, -0.2) is 23.1 Å². The SMILES string of the molecule is C[C@@H]1[C@@H](n2cnc3c(N)nc(N)nc32)[C@H](F)[C@@]2(O)C(OP(=O)(O)OP(=O)(O)OP(=O)(O)O)[C@@H]12. The average Bonchev–Trinajstić information content (AvgIpc) is 2.87. The number of fused-ring (bicyclic) bond motifs is 2. The lowest BCUT2D eigenvalue weighted by atomic mass is 9.98. The summed E-state index contributed by atoms with van der Waals surface area (Å²) in [5, 5.41) is 10.8. The van der Waals surface area contributed by atoms with Gasteiger partial charge < -0.3 is 40.7 Å². The molecule has 21 heteroatoms. The van der Waals surface area contributed by atoms with Gasteiger partial charge in [0.15, 0.2) is 17.6 Å². The molecule has 4 rings (SSSR count). The summed E-state index contributed by atoms with van der Waals surface area (Å²) in [7, 11) is -16.9. The molecule has 2 fully saturated rings. The number of hydrogen-bond donors (Lipinski definition) is 7. The fourth-order valence-electron chi connectivity index (χ4n) is 4.34. The lowest BCUT2D eigenvalue weighted by molar-refractivity contribution is 0.00130. The van der Waals surface area contributed by atoms with Crippen LogP contribution in [0.1, 0.15) is 13.0 Å². The number of aromatic nitrogens is 4. The number of rotatable bonds is 7. The van der Waals surface area contributed by atoms with Gasteiger partial charge in [0.25, 0.3) is 0 Å². The van der Waals surface area contributed by atoms with E-state index < -0.39 is 59.2 Å². The van der Waals surface area contributed by atoms with Crippen molar-refractivity contribution in [2.75, 3.05) is 11.5 Å². The number of halogens is 1. The Bertz CT molecular complexity index is 1270. The summed E-state index contributed by atoms with van der Waals surface area (Å²) < 4.78 is 62.8. The van der Waals surface area contributed by atoms with E-state index in [4.69, 9.17) is 21.3 Å². The summed E-state index contributed by atoms with van der Waals surface area (Å²) in [4.78, 5) is 47.8. The molecule has 8 atom stereocenters. The van der Waals surface area contributed by atoms with Crippen molar-refractivity contribution in [3.8, 4) is 0 Å². The summed E-state index contributed by atoms with van der Waals surface area (Å²) in [5.41, 5.74) is 9.24. The maximum Gasteiger partial charge on any atom is 0.490 e. The van der Waals surface area contributed by atoms with Crippen molar-refractivity contribution in [2.45, 2.75) is 30.8 Å². The van der Waals surface area contributed by atoms with Crippen molar-refractivity contribution in [3.63, 3.8) is 0 Å². The summed E-state index contributed by atoms with van der Waals surface area (Å²) in [5.74, 6) is -2.10. The zero-order valence-corrected chi connectivity index (χ0v) is 19.0. The zero-order valence-electron chi connectivity index (χ0n) is 16.3. The van der Waals surface area contributed by atoms with Crippen LogP contribution in [-0.2, 0) is 26.8 Å². The molecule has 33 heavy (non-hydrogen) atoms. The molecule has 0 spiro atoms. The highest BCUT2D eigenvalue weighted by molar-refractivity contribution is 7.66. The van der Waals surface area contributed by atoms with Gasteiger partial charge in [0.2, 0.25) is 5.95 Å². The maximum atomic E-state index is 15.4. The van der Waals surface area contributed by atoms with Crippen LogP contribution < -0.4 is 11.5 Å². The number of phosphoric ester groups is 1. The number of anilines is 2. The first-order valence-electron chi connectivity index (χ1n) is 8.91. The molecule has 9 N–H and O–H groups in total. The Morgan fingerprint density at radius 2 is 1.76 bits per heavy atom. The minimum atomic E-state index is -5.76. The molecule has 2 heterocycles. The third-order valence-electron chi connectivity index (χ3n) is 5.50. The van der Waals surface area contributed by atoms with E-state index in [9.17, 15) is 28.6 Å². The molecular weight excluding hydrogens is 516 g/mol. The summed E-state index contributed by atoms with van der Waals surface area (Å²) in [6, 6.07) is -1.08. The highest BCUT2D eigenvalue weighted by Crippen LogP contribution is 2.72. The molecule has 2 aromatic heterocycles. The topological polar surface area (TPSA) is 276 Å². The van der Waals surface area contributed by atoms with Crippen LogP contribution in [0.15, 0.2) is 6.33 Å². The van der Waals surface area contributed by atoms with Gasteiger partial charge in [-0.3, -0.25) is 4.52 Å². The lowest BCUT2D eigenvalue weighted by Gasteiger charge is -2.27.